The number of carbonyl (C=O) groups excluding carboxylic acids is 1. The summed E-state index contributed by atoms with van der Waals surface area (Å²) in [6.45, 7) is 2.81. The van der Waals surface area contributed by atoms with E-state index in [0.29, 0.717) is 49.0 Å². The lowest BCUT2D eigenvalue weighted by atomic mass is 9.75. The standard InChI is InChI=1S/C27H32F3N9O3/c1-25(41)14-26(42-13-18(25)39-15-33-20-21(31)35-24(32)36-22(20)39)8-11-37(12-9-26)19(40)7-4-10-38-17-6-3-2-5-16(17)34-23(38)27(28,29)30/h2-3,5-6,15,18,41H,4,7-14H2,1H3,(H4,31,32,35,36)/t18-,25-/m1/s1. The third kappa shape index (κ3) is 5.00. The lowest BCUT2D eigenvalue weighted by Gasteiger charge is -2.51. The number of likely N-dealkylation sites (tertiary alicyclic amines) is 1. The summed E-state index contributed by atoms with van der Waals surface area (Å²) < 4.78 is 50.0. The topological polar surface area (TPSA) is 163 Å². The SMILES string of the molecule is C[C@@]1(O)CC2(CCN(C(=O)CCCn3c(C(F)(F)F)nc4ccccc43)CC2)OC[C@H]1n1cnc2c(N)nc(N)nc21. The number of anilines is 2. The summed E-state index contributed by atoms with van der Waals surface area (Å²) in [6, 6.07) is 5.95. The molecule has 2 aliphatic heterocycles. The van der Waals surface area contributed by atoms with Gasteiger partial charge in [0.15, 0.2) is 11.5 Å². The maximum absolute atomic E-state index is 13.6. The first-order chi connectivity index (χ1) is 19.9. The maximum atomic E-state index is 13.6. The molecule has 1 aromatic carbocycles. The number of hydrogen-bond acceptors (Lipinski definition) is 9. The highest BCUT2D eigenvalue weighted by molar-refractivity contribution is 5.83. The molecule has 6 rings (SSSR count). The number of nitrogens with zero attached hydrogens (tertiary/aromatic N) is 7. The molecule has 15 heteroatoms. The first-order valence-electron chi connectivity index (χ1n) is 13.8. The van der Waals surface area contributed by atoms with Gasteiger partial charge in [-0.1, -0.05) is 12.1 Å². The molecule has 1 spiro atoms. The molecule has 0 bridgehead atoms. The number of carbonyl (C=O) groups is 1. The van der Waals surface area contributed by atoms with Crippen molar-refractivity contribution in [3.63, 3.8) is 0 Å². The summed E-state index contributed by atoms with van der Waals surface area (Å²) in [5.41, 5.74) is 11.4. The van der Waals surface area contributed by atoms with E-state index < -0.39 is 29.2 Å². The Morgan fingerprint density at radius 2 is 1.90 bits per heavy atom. The molecule has 1 amide bonds. The number of nitrogen functional groups attached to an aromatic ring is 2. The van der Waals surface area contributed by atoms with Crippen molar-refractivity contribution in [2.24, 2.45) is 0 Å². The van der Waals surface area contributed by atoms with Crippen LogP contribution in [0.15, 0.2) is 30.6 Å². The van der Waals surface area contributed by atoms with Crippen LogP contribution >= 0.6 is 0 Å². The molecular weight excluding hydrogens is 555 g/mol. The molecule has 2 aliphatic rings. The van der Waals surface area contributed by atoms with Crippen LogP contribution in [0.3, 0.4) is 0 Å². The molecule has 2 fully saturated rings. The van der Waals surface area contributed by atoms with E-state index in [0.717, 1.165) is 4.57 Å². The van der Waals surface area contributed by atoms with Gasteiger partial charge >= 0.3 is 6.18 Å². The normalized spacial score (nSPS) is 22.8. The number of halogens is 3. The smallest absolute Gasteiger partial charge is 0.388 e. The zero-order valence-electron chi connectivity index (χ0n) is 23.0. The molecular formula is C27H32F3N9O3. The van der Waals surface area contributed by atoms with Crippen molar-refractivity contribution in [2.75, 3.05) is 31.2 Å². The van der Waals surface area contributed by atoms with Gasteiger partial charge in [-0.15, -0.1) is 0 Å². The minimum atomic E-state index is -4.59. The predicted octanol–water partition coefficient (Wildman–Crippen LogP) is 2.91. The first kappa shape index (κ1) is 28.2. The van der Waals surface area contributed by atoms with Crippen LogP contribution in [-0.2, 0) is 22.3 Å². The summed E-state index contributed by atoms with van der Waals surface area (Å²) in [7, 11) is 0. The van der Waals surface area contributed by atoms with Gasteiger partial charge in [-0.25, -0.2) is 9.97 Å². The molecule has 42 heavy (non-hydrogen) atoms. The highest BCUT2D eigenvalue weighted by Gasteiger charge is 2.50. The molecule has 0 radical (unpaired) electrons. The van der Waals surface area contributed by atoms with Crippen LogP contribution in [0.2, 0.25) is 0 Å². The molecule has 5 heterocycles. The molecule has 4 aromatic rings. The van der Waals surface area contributed by atoms with Crippen LogP contribution in [0, 0.1) is 0 Å². The highest BCUT2D eigenvalue weighted by atomic mass is 19.4. The average molecular weight is 588 g/mol. The molecule has 12 nitrogen and oxygen atoms in total. The van der Waals surface area contributed by atoms with E-state index in [1.165, 1.54) is 0 Å². The van der Waals surface area contributed by atoms with Crippen molar-refractivity contribution in [3.05, 3.63) is 36.4 Å². The van der Waals surface area contributed by atoms with Crippen molar-refractivity contribution < 1.29 is 27.8 Å². The van der Waals surface area contributed by atoms with Crippen molar-refractivity contribution in [1.29, 1.82) is 0 Å². The van der Waals surface area contributed by atoms with Gasteiger partial charge in [0.25, 0.3) is 0 Å². The van der Waals surface area contributed by atoms with E-state index in [1.807, 2.05) is 0 Å². The van der Waals surface area contributed by atoms with Crippen molar-refractivity contribution >= 4 is 39.9 Å². The molecule has 0 aliphatic carbocycles. The Morgan fingerprint density at radius 3 is 2.62 bits per heavy atom. The number of benzene rings is 1. The Morgan fingerprint density at radius 1 is 1.17 bits per heavy atom. The molecule has 2 atom stereocenters. The minimum Gasteiger partial charge on any atom is -0.388 e. The quantitative estimate of drug-likeness (QED) is 0.319. The first-order valence-corrected chi connectivity index (χ1v) is 13.8. The Kier molecular flexibility index (Phi) is 6.76. The third-order valence-corrected chi connectivity index (χ3v) is 8.45. The fraction of sp³-hybridized carbons (Fsp3) is 0.519. The molecule has 0 unspecified atom stereocenters. The third-order valence-electron chi connectivity index (χ3n) is 8.45. The summed E-state index contributed by atoms with van der Waals surface area (Å²) in [5.74, 6) is -0.923. The molecule has 3 aromatic heterocycles. The maximum Gasteiger partial charge on any atom is 0.449 e. The molecule has 5 N–H and O–H groups in total. The number of amides is 1. The number of imidazole rings is 2. The Balaban J connectivity index is 1.07. The van der Waals surface area contributed by atoms with E-state index >= 15 is 0 Å². The zero-order valence-corrected chi connectivity index (χ0v) is 23.0. The second kappa shape index (κ2) is 10.1. The number of aryl methyl sites for hydroxylation is 1. The fourth-order valence-electron chi connectivity index (χ4n) is 6.37. The average Bonchev–Trinajstić information content (AvgIpc) is 3.51. The number of ether oxygens (including phenoxy) is 1. The lowest BCUT2D eigenvalue weighted by Crippen LogP contribution is -2.58. The number of para-hydroxylation sites is 2. The number of fused-ring (bicyclic) bond motifs is 2. The summed E-state index contributed by atoms with van der Waals surface area (Å²) in [5, 5.41) is 11.6. The van der Waals surface area contributed by atoms with E-state index in [9.17, 15) is 23.1 Å². The zero-order chi connectivity index (χ0) is 29.9. The molecule has 0 saturated carbocycles. The number of alkyl halides is 3. The second-order valence-corrected chi connectivity index (χ2v) is 11.4. The second-order valence-electron chi connectivity index (χ2n) is 11.4. The van der Waals surface area contributed by atoms with Gasteiger partial charge in [0.1, 0.15) is 5.52 Å². The summed E-state index contributed by atoms with van der Waals surface area (Å²) >= 11 is 0. The van der Waals surface area contributed by atoms with Gasteiger partial charge in [-0.05, 0) is 38.3 Å². The van der Waals surface area contributed by atoms with E-state index in [4.69, 9.17) is 16.2 Å². The summed E-state index contributed by atoms with van der Waals surface area (Å²) in [6.07, 6.45) is -1.31. The monoisotopic (exact) mass is 587 g/mol. The van der Waals surface area contributed by atoms with Gasteiger partial charge < -0.3 is 35.3 Å². The van der Waals surface area contributed by atoms with Crippen LogP contribution in [0.1, 0.15) is 50.9 Å². The van der Waals surface area contributed by atoms with E-state index in [-0.39, 0.29) is 49.2 Å². The number of aromatic nitrogens is 6. The number of piperidine rings is 1. The largest absolute Gasteiger partial charge is 0.449 e. The van der Waals surface area contributed by atoms with Crippen LogP contribution in [-0.4, -0.2) is 75.9 Å². The predicted molar refractivity (Wildman–Crippen MR) is 147 cm³/mol. The minimum absolute atomic E-state index is 0.00537. The van der Waals surface area contributed by atoms with Gasteiger partial charge in [-0.2, -0.15) is 23.1 Å². The van der Waals surface area contributed by atoms with Crippen molar-refractivity contribution in [3.8, 4) is 0 Å². The van der Waals surface area contributed by atoms with E-state index in [2.05, 4.69) is 19.9 Å². The number of rotatable bonds is 5. The van der Waals surface area contributed by atoms with Crippen LogP contribution in [0.4, 0.5) is 24.9 Å². The Bertz CT molecular complexity index is 1640. The Hall–Kier alpha value is -3.98. The lowest BCUT2D eigenvalue weighted by molar-refractivity contribution is -0.197. The highest BCUT2D eigenvalue weighted by Crippen LogP contribution is 2.44. The summed E-state index contributed by atoms with van der Waals surface area (Å²) in [4.78, 5) is 31.0. The van der Waals surface area contributed by atoms with Crippen molar-refractivity contribution in [2.45, 2.75) is 69.0 Å². The van der Waals surface area contributed by atoms with E-state index in [1.54, 1.807) is 47.0 Å². The number of aliphatic hydroxyl groups is 1. The van der Waals surface area contributed by atoms with Gasteiger partial charge in [0.2, 0.25) is 17.7 Å². The van der Waals surface area contributed by atoms with Gasteiger partial charge in [0.05, 0.1) is 41.2 Å². The Labute approximate surface area is 238 Å². The number of hydrogen-bond donors (Lipinski definition) is 3. The van der Waals surface area contributed by atoms with Crippen LogP contribution < -0.4 is 11.5 Å². The van der Waals surface area contributed by atoms with Crippen LogP contribution in [0.5, 0.6) is 0 Å². The molecule has 224 valence electrons. The van der Waals surface area contributed by atoms with Crippen molar-refractivity contribution in [1.82, 2.24) is 34.0 Å². The van der Waals surface area contributed by atoms with Crippen LogP contribution in [0.25, 0.3) is 22.2 Å². The van der Waals surface area contributed by atoms with Gasteiger partial charge in [-0.3, -0.25) is 4.79 Å². The van der Waals surface area contributed by atoms with Gasteiger partial charge in [0, 0.05) is 32.5 Å². The fourth-order valence-corrected chi connectivity index (χ4v) is 6.37. The number of nitrogens with two attached hydrogens (primary N) is 2. The molecule has 2 saturated heterocycles.